The van der Waals surface area contributed by atoms with Gasteiger partial charge in [-0.05, 0) is 69.6 Å². The van der Waals surface area contributed by atoms with E-state index in [0.29, 0.717) is 24.5 Å². The molecule has 1 N–H and O–H groups in total. The van der Waals surface area contributed by atoms with Gasteiger partial charge < -0.3 is 14.8 Å². The van der Waals surface area contributed by atoms with E-state index in [4.69, 9.17) is 9.47 Å². The maximum Gasteiger partial charge on any atom is 0.251 e. The molecule has 156 valence electrons. The third kappa shape index (κ3) is 5.63. The van der Waals surface area contributed by atoms with Crippen molar-refractivity contribution >= 4 is 5.91 Å². The zero-order chi connectivity index (χ0) is 20.5. The predicted molar refractivity (Wildman–Crippen MR) is 112 cm³/mol. The number of amides is 1. The minimum atomic E-state index is -1.10. The Morgan fingerprint density at radius 1 is 1.10 bits per heavy atom. The van der Waals surface area contributed by atoms with Gasteiger partial charge in [0.2, 0.25) is 5.79 Å². The van der Waals surface area contributed by atoms with Crippen molar-refractivity contribution in [1.29, 1.82) is 0 Å². The minimum absolute atomic E-state index is 0.145. The molecule has 1 aliphatic rings. The van der Waals surface area contributed by atoms with E-state index in [9.17, 15) is 4.79 Å². The van der Waals surface area contributed by atoms with Crippen molar-refractivity contribution in [2.24, 2.45) is 0 Å². The highest BCUT2D eigenvalue weighted by Gasteiger charge is 2.36. The fourth-order valence-corrected chi connectivity index (χ4v) is 3.75. The van der Waals surface area contributed by atoms with E-state index >= 15 is 0 Å². The molecule has 0 spiro atoms. The van der Waals surface area contributed by atoms with Crippen LogP contribution in [0.5, 0.6) is 0 Å². The summed E-state index contributed by atoms with van der Waals surface area (Å²) in [4.78, 5) is 19.7. The first kappa shape index (κ1) is 21.4. The van der Waals surface area contributed by atoms with Crippen molar-refractivity contribution in [3.05, 3.63) is 65.5 Å². The van der Waals surface area contributed by atoms with Gasteiger partial charge in [0, 0.05) is 31.5 Å². The van der Waals surface area contributed by atoms with Crippen LogP contribution >= 0.6 is 0 Å². The van der Waals surface area contributed by atoms with E-state index in [-0.39, 0.29) is 12.5 Å². The Morgan fingerprint density at radius 3 is 2.52 bits per heavy atom. The number of nitrogens with zero attached hydrogens (tertiary/aromatic N) is 2. The molecule has 6 nitrogen and oxygen atoms in total. The zero-order valence-electron chi connectivity index (χ0n) is 17.4. The molecule has 1 fully saturated rings. The van der Waals surface area contributed by atoms with Gasteiger partial charge in [-0.15, -0.1) is 0 Å². The van der Waals surface area contributed by atoms with Gasteiger partial charge in [0.15, 0.2) is 0 Å². The molecule has 0 radical (unpaired) electrons. The summed E-state index contributed by atoms with van der Waals surface area (Å²) in [7, 11) is 0. The molecule has 0 atom stereocenters. The molecule has 29 heavy (non-hydrogen) atoms. The normalized spacial score (nSPS) is 14.8. The predicted octanol–water partition coefficient (Wildman–Crippen LogP) is 3.33. The van der Waals surface area contributed by atoms with E-state index in [1.54, 1.807) is 6.20 Å². The maximum absolute atomic E-state index is 12.9. The molecule has 2 heterocycles. The van der Waals surface area contributed by atoms with Crippen LogP contribution in [0.25, 0.3) is 0 Å². The lowest BCUT2D eigenvalue weighted by atomic mass is 10.1. The lowest BCUT2D eigenvalue weighted by Crippen LogP contribution is -2.45. The molecule has 1 aliphatic heterocycles. The topological polar surface area (TPSA) is 63.7 Å². The van der Waals surface area contributed by atoms with Crippen LogP contribution in [0, 0.1) is 0 Å². The average molecular weight is 398 g/mol. The number of carbonyl (C=O) groups is 1. The van der Waals surface area contributed by atoms with E-state index in [2.05, 4.69) is 21.3 Å². The van der Waals surface area contributed by atoms with Crippen molar-refractivity contribution in [2.75, 3.05) is 32.8 Å². The Balaban J connectivity index is 1.71. The van der Waals surface area contributed by atoms with Gasteiger partial charge >= 0.3 is 0 Å². The summed E-state index contributed by atoms with van der Waals surface area (Å²) in [5, 5.41) is 2.99. The highest BCUT2D eigenvalue weighted by atomic mass is 16.7. The van der Waals surface area contributed by atoms with Crippen molar-refractivity contribution in [1.82, 2.24) is 15.2 Å². The van der Waals surface area contributed by atoms with Gasteiger partial charge in [-0.25, -0.2) is 0 Å². The Labute approximate surface area is 173 Å². The Hall–Kier alpha value is -2.28. The highest BCUT2D eigenvalue weighted by Crippen LogP contribution is 2.25. The molecule has 0 aliphatic carbocycles. The number of hydrogen-bond donors (Lipinski definition) is 1. The van der Waals surface area contributed by atoms with Gasteiger partial charge in [0.05, 0.1) is 6.54 Å². The van der Waals surface area contributed by atoms with Crippen molar-refractivity contribution in [3.8, 4) is 0 Å². The summed E-state index contributed by atoms with van der Waals surface area (Å²) in [6, 6.07) is 13.4. The fourth-order valence-electron chi connectivity index (χ4n) is 3.75. The quantitative estimate of drug-likeness (QED) is 0.623. The van der Waals surface area contributed by atoms with Crippen LogP contribution in [0.3, 0.4) is 0 Å². The standard InChI is InChI=1S/C23H31N3O3/c1-3-28-23(29-4-2,21-12-5-6-13-24-21)18-25-22(27)20-11-9-10-19(16-20)17-26-14-7-8-15-26/h5-6,9-13,16H,3-4,7-8,14-15,17-18H2,1-2H3,(H,25,27). The summed E-state index contributed by atoms with van der Waals surface area (Å²) in [6.45, 7) is 8.02. The summed E-state index contributed by atoms with van der Waals surface area (Å²) in [5.41, 5.74) is 2.45. The van der Waals surface area contributed by atoms with E-state index in [0.717, 1.165) is 25.2 Å². The van der Waals surface area contributed by atoms with Crippen LogP contribution in [-0.4, -0.2) is 48.6 Å². The summed E-state index contributed by atoms with van der Waals surface area (Å²) in [5.74, 6) is -1.25. The van der Waals surface area contributed by atoms with Crippen LogP contribution in [0.4, 0.5) is 0 Å². The first-order chi connectivity index (χ1) is 14.2. The largest absolute Gasteiger partial charge is 0.346 e. The van der Waals surface area contributed by atoms with Crippen LogP contribution in [0.15, 0.2) is 48.7 Å². The third-order valence-electron chi connectivity index (χ3n) is 5.09. The number of nitrogens with one attached hydrogen (secondary N) is 1. The molecular formula is C23H31N3O3. The lowest BCUT2D eigenvalue weighted by Gasteiger charge is -2.32. The second kappa shape index (κ2) is 10.5. The van der Waals surface area contributed by atoms with Crippen LogP contribution in [0.2, 0.25) is 0 Å². The minimum Gasteiger partial charge on any atom is -0.346 e. The second-order valence-corrected chi connectivity index (χ2v) is 7.20. The van der Waals surface area contributed by atoms with Crippen molar-refractivity contribution < 1.29 is 14.3 Å². The molecule has 2 aromatic rings. The number of pyridine rings is 1. The first-order valence-electron chi connectivity index (χ1n) is 10.5. The van der Waals surface area contributed by atoms with E-state index in [1.807, 2.05) is 50.2 Å². The molecule has 0 bridgehead atoms. The summed E-state index contributed by atoms with van der Waals surface area (Å²) < 4.78 is 11.9. The number of carbonyl (C=O) groups excluding carboxylic acids is 1. The molecule has 3 rings (SSSR count). The van der Waals surface area contributed by atoms with Gasteiger partial charge in [0.25, 0.3) is 5.91 Å². The number of rotatable bonds is 10. The molecule has 0 unspecified atom stereocenters. The van der Waals surface area contributed by atoms with E-state index in [1.165, 1.54) is 12.8 Å². The molecule has 0 saturated carbocycles. The molecule has 1 saturated heterocycles. The van der Waals surface area contributed by atoms with Crippen LogP contribution in [-0.2, 0) is 21.8 Å². The maximum atomic E-state index is 12.9. The van der Waals surface area contributed by atoms with Crippen LogP contribution in [0.1, 0.15) is 48.3 Å². The summed E-state index contributed by atoms with van der Waals surface area (Å²) >= 11 is 0. The third-order valence-corrected chi connectivity index (χ3v) is 5.09. The second-order valence-electron chi connectivity index (χ2n) is 7.20. The lowest BCUT2D eigenvalue weighted by molar-refractivity contribution is -0.240. The smallest absolute Gasteiger partial charge is 0.251 e. The van der Waals surface area contributed by atoms with Gasteiger partial charge in [-0.1, -0.05) is 18.2 Å². The van der Waals surface area contributed by atoms with Crippen molar-refractivity contribution in [3.63, 3.8) is 0 Å². The van der Waals surface area contributed by atoms with Gasteiger partial charge in [-0.3, -0.25) is 14.7 Å². The molecular weight excluding hydrogens is 366 g/mol. The molecule has 1 amide bonds. The number of ether oxygens (including phenoxy) is 2. The van der Waals surface area contributed by atoms with E-state index < -0.39 is 5.79 Å². The Kier molecular flexibility index (Phi) is 7.75. The Morgan fingerprint density at radius 2 is 1.86 bits per heavy atom. The first-order valence-corrected chi connectivity index (χ1v) is 10.5. The molecule has 1 aromatic carbocycles. The number of aromatic nitrogens is 1. The van der Waals surface area contributed by atoms with Gasteiger partial charge in [0.1, 0.15) is 5.69 Å². The summed E-state index contributed by atoms with van der Waals surface area (Å²) in [6.07, 6.45) is 4.21. The number of benzene rings is 1. The Bertz CT molecular complexity index is 770. The SMILES string of the molecule is CCOC(CNC(=O)c1cccc(CN2CCCC2)c1)(OCC)c1ccccn1. The van der Waals surface area contributed by atoms with Crippen LogP contribution < -0.4 is 5.32 Å². The average Bonchev–Trinajstić information content (AvgIpc) is 3.26. The zero-order valence-corrected chi connectivity index (χ0v) is 17.4. The number of likely N-dealkylation sites (tertiary alicyclic amines) is 1. The molecule has 1 aromatic heterocycles. The van der Waals surface area contributed by atoms with Crippen molar-refractivity contribution in [2.45, 2.75) is 39.0 Å². The fraction of sp³-hybridized carbons (Fsp3) is 0.478. The molecule has 6 heteroatoms. The highest BCUT2D eigenvalue weighted by molar-refractivity contribution is 5.94. The monoisotopic (exact) mass is 397 g/mol. The van der Waals surface area contributed by atoms with Gasteiger partial charge in [-0.2, -0.15) is 0 Å². The number of hydrogen-bond acceptors (Lipinski definition) is 5.